The molecule has 0 saturated carbocycles. The van der Waals surface area contributed by atoms with Crippen LogP contribution in [0.3, 0.4) is 0 Å². The van der Waals surface area contributed by atoms with Gasteiger partial charge in [0.2, 0.25) is 0 Å². The number of amides is 1. The van der Waals surface area contributed by atoms with Gasteiger partial charge in [-0.25, -0.2) is 9.97 Å². The Balaban J connectivity index is 1.83. The average Bonchev–Trinajstić information content (AvgIpc) is 2.97. The molecule has 6 heteroatoms. The monoisotopic (exact) mass is 325 g/mol. The van der Waals surface area contributed by atoms with Gasteiger partial charge in [0, 0.05) is 24.8 Å². The second-order valence-corrected chi connectivity index (χ2v) is 6.19. The van der Waals surface area contributed by atoms with Gasteiger partial charge in [0.05, 0.1) is 17.2 Å². The maximum Gasteiger partial charge on any atom is 0.308 e. The summed E-state index contributed by atoms with van der Waals surface area (Å²) in [4.78, 5) is 34.2. The van der Waals surface area contributed by atoms with E-state index >= 15 is 0 Å². The molecule has 0 radical (unpaired) electrons. The zero-order valence-electron chi connectivity index (χ0n) is 13.6. The second-order valence-electron chi connectivity index (χ2n) is 6.19. The topological polar surface area (TPSA) is 83.4 Å². The fourth-order valence-electron chi connectivity index (χ4n) is 3.03. The Morgan fingerprint density at radius 1 is 1.21 bits per heavy atom. The molecule has 1 amide bonds. The Kier molecular flexibility index (Phi) is 4.29. The minimum absolute atomic E-state index is 0.0590. The molecule has 2 aromatic rings. The molecule has 24 heavy (non-hydrogen) atoms. The van der Waals surface area contributed by atoms with Crippen molar-refractivity contribution in [2.24, 2.45) is 11.8 Å². The number of nitrogens with zero attached hydrogens (tertiary/aromatic N) is 3. The van der Waals surface area contributed by atoms with Crippen molar-refractivity contribution in [3.05, 3.63) is 47.8 Å². The van der Waals surface area contributed by atoms with Gasteiger partial charge in [-0.05, 0) is 12.8 Å². The van der Waals surface area contributed by atoms with Gasteiger partial charge in [-0.15, -0.1) is 0 Å². The molecule has 6 nitrogen and oxygen atoms in total. The molecule has 0 spiro atoms. The molecule has 3 rings (SSSR count). The van der Waals surface area contributed by atoms with Crippen LogP contribution < -0.4 is 0 Å². The molecule has 1 aromatic heterocycles. The first-order chi connectivity index (χ1) is 11.5. The van der Waals surface area contributed by atoms with Crippen LogP contribution in [-0.4, -0.2) is 44.9 Å². The van der Waals surface area contributed by atoms with E-state index in [9.17, 15) is 14.7 Å². The lowest BCUT2D eigenvalue weighted by Gasteiger charge is -2.17. The zero-order chi connectivity index (χ0) is 17.3. The first-order valence-corrected chi connectivity index (χ1v) is 7.88. The summed E-state index contributed by atoms with van der Waals surface area (Å²) in [5.74, 6) is -1.06. The molecular weight excluding hydrogens is 306 g/mol. The Morgan fingerprint density at radius 2 is 1.92 bits per heavy atom. The number of benzene rings is 1. The Morgan fingerprint density at radius 3 is 2.50 bits per heavy atom. The summed E-state index contributed by atoms with van der Waals surface area (Å²) in [6.45, 7) is 4.30. The predicted octanol–water partition coefficient (Wildman–Crippen LogP) is 2.24. The molecule has 1 saturated heterocycles. The first-order valence-electron chi connectivity index (χ1n) is 7.88. The summed E-state index contributed by atoms with van der Waals surface area (Å²) in [6.07, 6.45) is 1.53. The third kappa shape index (κ3) is 2.99. The van der Waals surface area contributed by atoms with E-state index in [4.69, 9.17) is 0 Å². The van der Waals surface area contributed by atoms with E-state index in [1.165, 1.54) is 6.20 Å². The number of carboxylic acids is 1. The first kappa shape index (κ1) is 16.1. The maximum atomic E-state index is 12.7. The van der Waals surface area contributed by atoms with Gasteiger partial charge in [0.1, 0.15) is 0 Å². The van der Waals surface area contributed by atoms with E-state index in [-0.39, 0.29) is 18.4 Å². The molecule has 1 N–H and O–H groups in total. The number of aromatic nitrogens is 2. The number of carbonyl (C=O) groups is 2. The molecule has 1 fully saturated rings. The van der Waals surface area contributed by atoms with Crippen LogP contribution in [0, 0.1) is 18.8 Å². The molecule has 0 aliphatic carbocycles. The number of hydrogen-bond donors (Lipinski definition) is 1. The van der Waals surface area contributed by atoms with E-state index in [0.717, 1.165) is 5.56 Å². The van der Waals surface area contributed by atoms with E-state index in [2.05, 4.69) is 9.97 Å². The van der Waals surface area contributed by atoms with Gasteiger partial charge in [-0.3, -0.25) is 9.59 Å². The average molecular weight is 325 g/mol. The van der Waals surface area contributed by atoms with Crippen LogP contribution in [0.2, 0.25) is 0 Å². The highest BCUT2D eigenvalue weighted by Crippen LogP contribution is 2.25. The summed E-state index contributed by atoms with van der Waals surface area (Å²) in [7, 11) is 0. The van der Waals surface area contributed by atoms with Crippen molar-refractivity contribution >= 4 is 11.9 Å². The predicted molar refractivity (Wildman–Crippen MR) is 88.4 cm³/mol. The third-order valence-electron chi connectivity index (χ3n) is 4.46. The van der Waals surface area contributed by atoms with E-state index in [1.807, 2.05) is 37.3 Å². The minimum atomic E-state index is -0.856. The quantitative estimate of drug-likeness (QED) is 0.936. The molecule has 1 aromatic carbocycles. The third-order valence-corrected chi connectivity index (χ3v) is 4.46. The van der Waals surface area contributed by atoms with Gasteiger partial charge < -0.3 is 10.0 Å². The van der Waals surface area contributed by atoms with Crippen molar-refractivity contribution in [2.45, 2.75) is 13.8 Å². The van der Waals surface area contributed by atoms with Gasteiger partial charge in [0.25, 0.3) is 5.91 Å². The van der Waals surface area contributed by atoms with Gasteiger partial charge in [-0.2, -0.15) is 0 Å². The van der Waals surface area contributed by atoms with Crippen molar-refractivity contribution in [3.63, 3.8) is 0 Å². The van der Waals surface area contributed by atoms with Gasteiger partial charge in [-0.1, -0.05) is 37.3 Å². The second kappa shape index (κ2) is 6.39. The summed E-state index contributed by atoms with van der Waals surface area (Å²) in [5, 5.41) is 9.21. The van der Waals surface area contributed by atoms with Crippen molar-refractivity contribution in [2.75, 3.05) is 13.1 Å². The molecule has 2 atom stereocenters. The van der Waals surface area contributed by atoms with Crippen molar-refractivity contribution in [3.8, 4) is 11.4 Å². The maximum absolute atomic E-state index is 12.7. The molecule has 0 bridgehead atoms. The molecule has 1 aliphatic rings. The highest BCUT2D eigenvalue weighted by Gasteiger charge is 2.37. The largest absolute Gasteiger partial charge is 0.481 e. The van der Waals surface area contributed by atoms with Crippen molar-refractivity contribution in [1.29, 1.82) is 0 Å². The standard InChI is InChI=1S/C18H19N3O3/c1-11-9-21(10-15(11)18(23)24)17(22)14-8-19-16(20-12(14)2)13-6-4-3-5-7-13/h3-8,11,15H,9-10H2,1-2H3,(H,23,24)/t11-,15-/m1/s1. The number of carboxylic acid groups (broad SMARTS) is 1. The minimum Gasteiger partial charge on any atom is -0.481 e. The van der Waals surface area contributed by atoms with Crippen LogP contribution >= 0.6 is 0 Å². The van der Waals surface area contributed by atoms with Gasteiger partial charge >= 0.3 is 5.97 Å². The lowest BCUT2D eigenvalue weighted by atomic mass is 9.99. The normalized spacial score (nSPS) is 20.2. The zero-order valence-corrected chi connectivity index (χ0v) is 13.6. The summed E-state index contributed by atoms with van der Waals surface area (Å²) >= 11 is 0. The van der Waals surface area contributed by atoms with Crippen LogP contribution in [0.15, 0.2) is 36.5 Å². The van der Waals surface area contributed by atoms with E-state index in [1.54, 1.807) is 11.8 Å². The Labute approximate surface area is 140 Å². The van der Waals surface area contributed by atoms with Crippen LogP contribution in [0.25, 0.3) is 11.4 Å². The number of aliphatic carboxylic acids is 1. The molecule has 0 unspecified atom stereocenters. The smallest absolute Gasteiger partial charge is 0.308 e. The number of aryl methyl sites for hydroxylation is 1. The molecule has 124 valence electrons. The highest BCUT2D eigenvalue weighted by atomic mass is 16.4. The summed E-state index contributed by atoms with van der Waals surface area (Å²) in [5.41, 5.74) is 1.91. The summed E-state index contributed by atoms with van der Waals surface area (Å²) < 4.78 is 0. The summed E-state index contributed by atoms with van der Waals surface area (Å²) in [6, 6.07) is 9.56. The number of carbonyl (C=O) groups excluding carboxylic acids is 1. The number of rotatable bonds is 3. The Bertz CT molecular complexity index is 776. The SMILES string of the molecule is Cc1nc(-c2ccccc2)ncc1C(=O)N1C[C@@H](C)[C@H](C(=O)O)C1. The lowest BCUT2D eigenvalue weighted by molar-refractivity contribution is -0.142. The van der Waals surface area contributed by atoms with Crippen LogP contribution in [0.4, 0.5) is 0 Å². The van der Waals surface area contributed by atoms with Crippen LogP contribution in [0.1, 0.15) is 23.0 Å². The number of likely N-dealkylation sites (tertiary alicyclic amines) is 1. The fraction of sp³-hybridized carbons (Fsp3) is 0.333. The lowest BCUT2D eigenvalue weighted by Crippen LogP contribution is -2.30. The van der Waals surface area contributed by atoms with E-state index < -0.39 is 11.9 Å². The Hall–Kier alpha value is -2.76. The van der Waals surface area contributed by atoms with Crippen LogP contribution in [0.5, 0.6) is 0 Å². The van der Waals surface area contributed by atoms with E-state index in [0.29, 0.717) is 23.6 Å². The highest BCUT2D eigenvalue weighted by molar-refractivity contribution is 5.95. The fourth-order valence-corrected chi connectivity index (χ4v) is 3.03. The molecular formula is C18H19N3O3. The van der Waals surface area contributed by atoms with Crippen molar-refractivity contribution in [1.82, 2.24) is 14.9 Å². The molecule has 1 aliphatic heterocycles. The molecule has 2 heterocycles. The van der Waals surface area contributed by atoms with Crippen molar-refractivity contribution < 1.29 is 14.7 Å². The van der Waals surface area contributed by atoms with Gasteiger partial charge in [0.15, 0.2) is 5.82 Å². The number of hydrogen-bond acceptors (Lipinski definition) is 4. The van der Waals surface area contributed by atoms with Crippen LogP contribution in [-0.2, 0) is 4.79 Å².